The zero-order chi connectivity index (χ0) is 13.8. The largest absolute Gasteiger partial charge is 0.486 e. The van der Waals surface area contributed by atoms with Crippen LogP contribution >= 0.6 is 15.9 Å². The molecule has 4 heteroatoms. The van der Waals surface area contributed by atoms with Gasteiger partial charge in [-0.2, -0.15) is 0 Å². The van der Waals surface area contributed by atoms with Crippen molar-refractivity contribution in [1.29, 1.82) is 5.41 Å². The zero-order valence-electron chi connectivity index (χ0n) is 10.6. The standard InChI is InChI=1S/C15H15BrN2O/c1-10(11-5-3-2-4-6-11)19-12-7-8-13(15(17)18)14(16)9-12/h2-10H,1H3,(H3,17,18). The van der Waals surface area contributed by atoms with Gasteiger partial charge in [0, 0.05) is 10.0 Å². The summed E-state index contributed by atoms with van der Waals surface area (Å²) < 4.78 is 6.64. The minimum atomic E-state index is -0.0312. The number of nitrogens with one attached hydrogen (secondary N) is 1. The Morgan fingerprint density at radius 1 is 1.21 bits per heavy atom. The highest BCUT2D eigenvalue weighted by atomic mass is 79.9. The fraction of sp³-hybridized carbons (Fsp3) is 0.133. The van der Waals surface area contributed by atoms with E-state index in [2.05, 4.69) is 15.9 Å². The van der Waals surface area contributed by atoms with Crippen LogP contribution < -0.4 is 10.5 Å². The first kappa shape index (κ1) is 13.6. The van der Waals surface area contributed by atoms with Gasteiger partial charge >= 0.3 is 0 Å². The number of benzene rings is 2. The first-order valence-corrected chi connectivity index (χ1v) is 6.73. The molecular weight excluding hydrogens is 304 g/mol. The SMILES string of the molecule is CC(Oc1ccc(C(=N)N)c(Br)c1)c1ccccc1. The molecule has 0 aliphatic heterocycles. The highest BCUT2D eigenvalue weighted by Gasteiger charge is 2.09. The van der Waals surface area contributed by atoms with Gasteiger partial charge in [-0.25, -0.2) is 0 Å². The molecular formula is C15H15BrN2O. The van der Waals surface area contributed by atoms with E-state index in [4.69, 9.17) is 15.9 Å². The third-order valence-electron chi connectivity index (χ3n) is 2.81. The summed E-state index contributed by atoms with van der Waals surface area (Å²) in [6, 6.07) is 15.5. The molecule has 0 saturated carbocycles. The van der Waals surface area contributed by atoms with Crippen LogP contribution in [-0.2, 0) is 0 Å². The van der Waals surface area contributed by atoms with Gasteiger partial charge in [-0.3, -0.25) is 5.41 Å². The monoisotopic (exact) mass is 318 g/mol. The normalized spacial score (nSPS) is 11.9. The average molecular weight is 319 g/mol. The van der Waals surface area contributed by atoms with Gasteiger partial charge < -0.3 is 10.5 Å². The van der Waals surface area contributed by atoms with Crippen LogP contribution in [0.15, 0.2) is 53.0 Å². The van der Waals surface area contributed by atoms with Crippen LogP contribution in [0.3, 0.4) is 0 Å². The van der Waals surface area contributed by atoms with E-state index in [0.29, 0.717) is 5.56 Å². The van der Waals surface area contributed by atoms with Crippen LogP contribution in [-0.4, -0.2) is 5.84 Å². The van der Waals surface area contributed by atoms with E-state index in [1.54, 1.807) is 6.07 Å². The second-order valence-corrected chi connectivity index (χ2v) is 5.08. The van der Waals surface area contributed by atoms with E-state index in [1.165, 1.54) is 0 Å². The Bertz CT molecular complexity index is 584. The van der Waals surface area contributed by atoms with Crippen LogP contribution in [0.2, 0.25) is 0 Å². The van der Waals surface area contributed by atoms with Gasteiger partial charge in [0.25, 0.3) is 0 Å². The van der Waals surface area contributed by atoms with E-state index in [9.17, 15) is 0 Å². The van der Waals surface area contributed by atoms with Crippen molar-refractivity contribution in [2.24, 2.45) is 5.73 Å². The summed E-state index contributed by atoms with van der Waals surface area (Å²) in [5, 5.41) is 7.43. The Balaban J connectivity index is 2.16. The number of rotatable bonds is 4. The van der Waals surface area contributed by atoms with E-state index in [1.807, 2.05) is 49.4 Å². The van der Waals surface area contributed by atoms with Crippen molar-refractivity contribution in [2.45, 2.75) is 13.0 Å². The lowest BCUT2D eigenvalue weighted by atomic mass is 10.1. The predicted octanol–water partition coefficient (Wildman–Crippen LogP) is 3.87. The Kier molecular flexibility index (Phi) is 4.22. The molecule has 0 saturated heterocycles. The lowest BCUT2D eigenvalue weighted by Crippen LogP contribution is -2.12. The third-order valence-corrected chi connectivity index (χ3v) is 3.47. The highest BCUT2D eigenvalue weighted by Crippen LogP contribution is 2.26. The van der Waals surface area contributed by atoms with Gasteiger partial charge in [0.05, 0.1) is 0 Å². The number of hydrogen-bond acceptors (Lipinski definition) is 2. The second kappa shape index (κ2) is 5.89. The molecule has 98 valence electrons. The summed E-state index contributed by atoms with van der Waals surface area (Å²) in [5.74, 6) is 0.780. The second-order valence-electron chi connectivity index (χ2n) is 4.23. The number of nitrogens with two attached hydrogens (primary N) is 1. The van der Waals surface area contributed by atoms with Crippen LogP contribution in [0.4, 0.5) is 0 Å². The zero-order valence-corrected chi connectivity index (χ0v) is 12.1. The van der Waals surface area contributed by atoms with Crippen molar-refractivity contribution >= 4 is 21.8 Å². The Hall–Kier alpha value is -1.81. The summed E-state index contributed by atoms with van der Waals surface area (Å²) in [4.78, 5) is 0. The van der Waals surface area contributed by atoms with Crippen molar-refractivity contribution < 1.29 is 4.74 Å². The summed E-state index contributed by atoms with van der Waals surface area (Å²) in [6.45, 7) is 2.00. The minimum Gasteiger partial charge on any atom is -0.486 e. The molecule has 0 fully saturated rings. The summed E-state index contributed by atoms with van der Waals surface area (Å²) in [5.41, 5.74) is 7.26. The van der Waals surface area contributed by atoms with Crippen LogP contribution in [0.5, 0.6) is 5.75 Å². The summed E-state index contributed by atoms with van der Waals surface area (Å²) in [7, 11) is 0. The smallest absolute Gasteiger partial charge is 0.123 e. The van der Waals surface area contributed by atoms with E-state index in [0.717, 1.165) is 15.8 Å². The number of amidine groups is 1. The molecule has 19 heavy (non-hydrogen) atoms. The van der Waals surface area contributed by atoms with E-state index >= 15 is 0 Å². The Labute approximate surface area is 121 Å². The number of nitrogen functional groups attached to an aromatic ring is 1. The fourth-order valence-electron chi connectivity index (χ4n) is 1.78. The van der Waals surface area contributed by atoms with Crippen molar-refractivity contribution in [3.8, 4) is 5.75 Å². The van der Waals surface area contributed by atoms with E-state index < -0.39 is 0 Å². The van der Waals surface area contributed by atoms with Gasteiger partial charge in [0.1, 0.15) is 17.7 Å². The molecule has 0 aromatic heterocycles. The predicted molar refractivity (Wildman–Crippen MR) is 80.6 cm³/mol. The topological polar surface area (TPSA) is 59.1 Å². The highest BCUT2D eigenvalue weighted by molar-refractivity contribution is 9.10. The average Bonchev–Trinajstić information content (AvgIpc) is 2.39. The number of halogens is 1. The lowest BCUT2D eigenvalue weighted by molar-refractivity contribution is 0.227. The Morgan fingerprint density at radius 3 is 2.47 bits per heavy atom. The van der Waals surface area contributed by atoms with Crippen LogP contribution in [0, 0.1) is 5.41 Å². The van der Waals surface area contributed by atoms with Gasteiger partial charge in [0.15, 0.2) is 0 Å². The molecule has 0 aliphatic carbocycles. The molecule has 0 amide bonds. The van der Waals surface area contributed by atoms with Gasteiger partial charge in [-0.15, -0.1) is 0 Å². The number of hydrogen-bond donors (Lipinski definition) is 2. The minimum absolute atomic E-state index is 0.0312. The molecule has 2 aromatic rings. The maximum Gasteiger partial charge on any atom is 0.123 e. The molecule has 1 atom stereocenters. The van der Waals surface area contributed by atoms with Crippen molar-refractivity contribution in [3.05, 3.63) is 64.1 Å². The molecule has 0 bridgehead atoms. The molecule has 0 radical (unpaired) electrons. The quantitative estimate of drug-likeness (QED) is 0.664. The molecule has 0 spiro atoms. The first-order valence-electron chi connectivity index (χ1n) is 5.93. The molecule has 2 aromatic carbocycles. The number of ether oxygens (including phenoxy) is 1. The molecule has 1 unspecified atom stereocenters. The van der Waals surface area contributed by atoms with E-state index in [-0.39, 0.29) is 11.9 Å². The van der Waals surface area contributed by atoms with Crippen molar-refractivity contribution in [1.82, 2.24) is 0 Å². The van der Waals surface area contributed by atoms with Gasteiger partial charge in [0.2, 0.25) is 0 Å². The summed E-state index contributed by atoms with van der Waals surface area (Å²) >= 11 is 3.39. The maximum absolute atomic E-state index is 7.43. The van der Waals surface area contributed by atoms with Gasteiger partial charge in [-0.1, -0.05) is 30.3 Å². The third kappa shape index (κ3) is 3.35. The first-order chi connectivity index (χ1) is 9.08. The maximum atomic E-state index is 7.43. The van der Waals surface area contributed by atoms with Crippen LogP contribution in [0.25, 0.3) is 0 Å². The van der Waals surface area contributed by atoms with Gasteiger partial charge in [-0.05, 0) is 46.6 Å². The molecule has 2 rings (SSSR count). The molecule has 3 N–H and O–H groups in total. The molecule has 0 heterocycles. The molecule has 0 aliphatic rings. The fourth-order valence-corrected chi connectivity index (χ4v) is 2.36. The lowest BCUT2D eigenvalue weighted by Gasteiger charge is -2.16. The Morgan fingerprint density at radius 2 is 1.89 bits per heavy atom. The van der Waals surface area contributed by atoms with Crippen molar-refractivity contribution in [3.63, 3.8) is 0 Å². The molecule has 3 nitrogen and oxygen atoms in total. The van der Waals surface area contributed by atoms with Crippen LogP contribution in [0.1, 0.15) is 24.2 Å². The van der Waals surface area contributed by atoms with Crippen molar-refractivity contribution in [2.75, 3.05) is 0 Å². The summed E-state index contributed by atoms with van der Waals surface area (Å²) in [6.07, 6.45) is -0.0312.